The van der Waals surface area contributed by atoms with E-state index in [9.17, 15) is 22.8 Å². The Morgan fingerprint density at radius 2 is 1.97 bits per heavy atom. The smallest absolute Gasteiger partial charge is 0.359 e. The zero-order valence-corrected chi connectivity index (χ0v) is 15.5. The Morgan fingerprint density at radius 1 is 1.17 bits per heavy atom. The molecule has 1 fully saturated rings. The monoisotopic (exact) mass is 401 g/mol. The number of hydrogen-bond donors (Lipinski definition) is 2. The molecule has 2 heterocycles. The lowest BCUT2D eigenvalue weighted by atomic mass is 10.1. The second-order valence-electron chi connectivity index (χ2n) is 7.20. The first-order valence-electron chi connectivity index (χ1n) is 9.08. The van der Waals surface area contributed by atoms with Gasteiger partial charge in [0.1, 0.15) is 0 Å². The standard InChI is InChI=1S/C21H18F3N3O2/c1-12-7-13-8-16(5-6-18(13)25-12)26-20(29)14-9-19(28)27(11-14)17-4-2-3-15(10-17)21(22,23)24/h2-8,10,14,25H,9,11H2,1H3,(H,26,29)/t14-/m0/s1. The molecule has 3 aromatic rings. The van der Waals surface area contributed by atoms with Gasteiger partial charge >= 0.3 is 6.18 Å². The Labute approximate surface area is 164 Å². The maximum absolute atomic E-state index is 12.9. The van der Waals surface area contributed by atoms with Crippen LogP contribution in [0.3, 0.4) is 0 Å². The highest BCUT2D eigenvalue weighted by atomic mass is 19.4. The Kier molecular flexibility index (Phi) is 4.56. The third-order valence-electron chi connectivity index (χ3n) is 5.00. The van der Waals surface area contributed by atoms with Crippen LogP contribution in [0.15, 0.2) is 48.5 Å². The second-order valence-corrected chi connectivity index (χ2v) is 7.20. The molecular formula is C21H18F3N3O2. The molecule has 1 aliphatic rings. The number of halogens is 3. The highest BCUT2D eigenvalue weighted by Gasteiger charge is 2.37. The molecule has 1 saturated heterocycles. The van der Waals surface area contributed by atoms with Crippen LogP contribution in [0.1, 0.15) is 17.7 Å². The minimum absolute atomic E-state index is 0.0392. The fraction of sp³-hybridized carbons (Fsp3) is 0.238. The molecule has 29 heavy (non-hydrogen) atoms. The maximum atomic E-state index is 12.9. The number of H-pyrrole nitrogens is 1. The van der Waals surface area contributed by atoms with Gasteiger partial charge in [-0.1, -0.05) is 6.07 Å². The van der Waals surface area contributed by atoms with E-state index in [0.29, 0.717) is 5.69 Å². The average molecular weight is 401 g/mol. The van der Waals surface area contributed by atoms with Crippen LogP contribution in [0.25, 0.3) is 10.9 Å². The molecule has 2 aromatic carbocycles. The zero-order chi connectivity index (χ0) is 20.8. The van der Waals surface area contributed by atoms with Crippen molar-refractivity contribution in [2.45, 2.75) is 19.5 Å². The molecule has 0 spiro atoms. The average Bonchev–Trinajstić information content (AvgIpc) is 3.22. The van der Waals surface area contributed by atoms with Gasteiger partial charge in [-0.25, -0.2) is 0 Å². The van der Waals surface area contributed by atoms with Crippen molar-refractivity contribution < 1.29 is 22.8 Å². The largest absolute Gasteiger partial charge is 0.416 e. The fourth-order valence-electron chi connectivity index (χ4n) is 3.58. The van der Waals surface area contributed by atoms with Crippen molar-refractivity contribution in [3.8, 4) is 0 Å². The van der Waals surface area contributed by atoms with Gasteiger partial charge in [-0.05, 0) is 49.4 Å². The van der Waals surface area contributed by atoms with Crippen LogP contribution in [-0.4, -0.2) is 23.3 Å². The van der Waals surface area contributed by atoms with Crippen LogP contribution >= 0.6 is 0 Å². The van der Waals surface area contributed by atoms with Crippen LogP contribution in [0, 0.1) is 12.8 Å². The summed E-state index contributed by atoms with van der Waals surface area (Å²) in [5.74, 6) is -1.35. The summed E-state index contributed by atoms with van der Waals surface area (Å²) >= 11 is 0. The van der Waals surface area contributed by atoms with Gasteiger partial charge in [0.05, 0.1) is 11.5 Å². The number of alkyl halides is 3. The van der Waals surface area contributed by atoms with Gasteiger partial charge in [0.2, 0.25) is 11.8 Å². The van der Waals surface area contributed by atoms with E-state index in [4.69, 9.17) is 0 Å². The fourth-order valence-corrected chi connectivity index (χ4v) is 3.58. The highest BCUT2D eigenvalue weighted by Crippen LogP contribution is 2.33. The molecule has 0 radical (unpaired) electrons. The van der Waals surface area contributed by atoms with E-state index in [1.165, 1.54) is 17.0 Å². The summed E-state index contributed by atoms with van der Waals surface area (Å²) in [6, 6.07) is 12.0. The number of hydrogen-bond acceptors (Lipinski definition) is 2. The highest BCUT2D eigenvalue weighted by molar-refractivity contribution is 6.04. The summed E-state index contributed by atoms with van der Waals surface area (Å²) in [5, 5.41) is 3.75. The number of nitrogens with one attached hydrogen (secondary N) is 2. The van der Waals surface area contributed by atoms with Crippen LogP contribution in [0.2, 0.25) is 0 Å². The van der Waals surface area contributed by atoms with Crippen molar-refractivity contribution in [2.24, 2.45) is 5.92 Å². The minimum atomic E-state index is -4.50. The lowest BCUT2D eigenvalue weighted by molar-refractivity contribution is -0.137. The number of carbonyl (C=O) groups excluding carboxylic acids is 2. The molecule has 2 amide bonds. The molecule has 0 aliphatic carbocycles. The van der Waals surface area contributed by atoms with Crippen LogP contribution in [0.5, 0.6) is 0 Å². The summed E-state index contributed by atoms with van der Waals surface area (Å²) < 4.78 is 38.8. The zero-order valence-electron chi connectivity index (χ0n) is 15.5. The molecule has 8 heteroatoms. The summed E-state index contributed by atoms with van der Waals surface area (Å²) in [4.78, 5) is 29.4. The van der Waals surface area contributed by atoms with Gasteiger partial charge in [0.15, 0.2) is 0 Å². The third-order valence-corrected chi connectivity index (χ3v) is 5.00. The van der Waals surface area contributed by atoms with Gasteiger partial charge < -0.3 is 15.2 Å². The molecule has 0 bridgehead atoms. The number of benzene rings is 2. The van der Waals surface area contributed by atoms with Gasteiger partial charge in [-0.3, -0.25) is 9.59 Å². The number of rotatable bonds is 3. The number of nitrogens with zero attached hydrogens (tertiary/aromatic N) is 1. The topological polar surface area (TPSA) is 65.2 Å². The molecule has 1 aromatic heterocycles. The first-order valence-corrected chi connectivity index (χ1v) is 9.08. The number of amides is 2. The predicted octanol–water partition coefficient (Wildman–Crippen LogP) is 4.49. The molecule has 0 saturated carbocycles. The molecule has 2 N–H and O–H groups in total. The Balaban J connectivity index is 1.49. The normalized spacial score (nSPS) is 17.2. The summed E-state index contributed by atoms with van der Waals surface area (Å²) in [6.07, 6.45) is -4.54. The van der Waals surface area contributed by atoms with Crippen molar-refractivity contribution in [1.29, 1.82) is 0 Å². The number of carbonyl (C=O) groups is 2. The van der Waals surface area contributed by atoms with Crippen molar-refractivity contribution in [3.63, 3.8) is 0 Å². The van der Waals surface area contributed by atoms with Crippen molar-refractivity contribution in [1.82, 2.24) is 4.98 Å². The minimum Gasteiger partial charge on any atom is -0.359 e. The molecule has 1 atom stereocenters. The van der Waals surface area contributed by atoms with E-state index in [1.54, 1.807) is 6.07 Å². The Morgan fingerprint density at radius 3 is 2.72 bits per heavy atom. The number of aromatic amines is 1. The number of aromatic nitrogens is 1. The van der Waals surface area contributed by atoms with E-state index in [-0.39, 0.29) is 30.5 Å². The van der Waals surface area contributed by atoms with Crippen LogP contribution in [-0.2, 0) is 15.8 Å². The van der Waals surface area contributed by atoms with Crippen LogP contribution < -0.4 is 10.2 Å². The molecule has 4 rings (SSSR count). The lowest BCUT2D eigenvalue weighted by Crippen LogP contribution is -2.28. The lowest BCUT2D eigenvalue weighted by Gasteiger charge is -2.18. The van der Waals surface area contributed by atoms with Gasteiger partial charge in [-0.2, -0.15) is 13.2 Å². The summed E-state index contributed by atoms with van der Waals surface area (Å²) in [7, 11) is 0. The SMILES string of the molecule is Cc1cc2cc(NC(=O)[C@H]3CC(=O)N(c4cccc(C(F)(F)F)c4)C3)ccc2[nH]1. The molecule has 150 valence electrons. The van der Waals surface area contributed by atoms with Crippen molar-refractivity contribution in [2.75, 3.05) is 16.8 Å². The molecule has 1 aliphatic heterocycles. The number of fused-ring (bicyclic) bond motifs is 1. The maximum Gasteiger partial charge on any atom is 0.416 e. The van der Waals surface area contributed by atoms with E-state index < -0.39 is 17.7 Å². The van der Waals surface area contributed by atoms with E-state index in [0.717, 1.165) is 28.7 Å². The Hall–Kier alpha value is -3.29. The number of aryl methyl sites for hydroxylation is 1. The molecule has 0 unspecified atom stereocenters. The summed E-state index contributed by atoms with van der Waals surface area (Å²) in [6.45, 7) is 1.97. The van der Waals surface area contributed by atoms with Gasteiger partial charge in [-0.15, -0.1) is 0 Å². The molecule has 5 nitrogen and oxygen atoms in total. The van der Waals surface area contributed by atoms with E-state index >= 15 is 0 Å². The third kappa shape index (κ3) is 3.83. The van der Waals surface area contributed by atoms with Crippen LogP contribution in [0.4, 0.5) is 24.5 Å². The molecular weight excluding hydrogens is 383 g/mol. The Bertz CT molecular complexity index is 1100. The van der Waals surface area contributed by atoms with Gasteiger partial charge in [0.25, 0.3) is 0 Å². The summed E-state index contributed by atoms with van der Waals surface area (Å²) in [5.41, 5.74) is 1.87. The first kappa shape index (κ1) is 19.0. The van der Waals surface area contributed by atoms with Crippen molar-refractivity contribution in [3.05, 3.63) is 59.8 Å². The second kappa shape index (κ2) is 6.95. The number of anilines is 2. The quantitative estimate of drug-likeness (QED) is 0.679. The van der Waals surface area contributed by atoms with E-state index in [2.05, 4.69) is 10.3 Å². The van der Waals surface area contributed by atoms with Gasteiger partial charge in [0, 0.05) is 40.9 Å². The van der Waals surface area contributed by atoms with E-state index in [1.807, 2.05) is 25.1 Å². The predicted molar refractivity (Wildman–Crippen MR) is 104 cm³/mol. The van der Waals surface area contributed by atoms with Crippen molar-refractivity contribution >= 4 is 34.1 Å². The first-order chi connectivity index (χ1) is 13.7.